The molecule has 7 heterocycles. The van der Waals surface area contributed by atoms with Crippen LogP contribution < -0.4 is 75.7 Å². The summed E-state index contributed by atoms with van der Waals surface area (Å²) in [4.78, 5) is 286. The first-order chi connectivity index (χ1) is 69.6. The van der Waals surface area contributed by atoms with E-state index in [0.29, 0.717) is 86.6 Å². The number of benzene rings is 3. The van der Waals surface area contributed by atoms with Gasteiger partial charge in [-0.25, -0.2) is 9.97 Å². The first kappa shape index (κ1) is 112. The maximum absolute atomic E-state index is 16.1. The number of aromatic nitrogens is 4. The van der Waals surface area contributed by atoms with E-state index in [0.717, 1.165) is 54.6 Å². The van der Waals surface area contributed by atoms with Gasteiger partial charge in [0.25, 0.3) is 0 Å². The fourth-order valence-electron chi connectivity index (χ4n) is 19.0. The maximum atomic E-state index is 16.1. The van der Waals surface area contributed by atoms with Gasteiger partial charge in [-0.3, -0.25) is 86.3 Å². The number of carbonyl (C=O) groups excluding carboxylic acids is 17. The van der Waals surface area contributed by atoms with Crippen molar-refractivity contribution < 1.29 is 102 Å². The molecule has 790 valence electrons. The molecule has 3 saturated heterocycles. The molecule has 4 aliphatic rings. The maximum Gasteiger partial charge on any atom is 0.323 e. The molecular formula is C100H137N23O21S2. The van der Waals surface area contributed by atoms with E-state index in [4.69, 9.17) is 17.2 Å². The molecule has 4 aromatic heterocycles. The summed E-state index contributed by atoms with van der Waals surface area (Å²) in [6, 6.07) is -2.34. The Morgan fingerprint density at radius 3 is 1.85 bits per heavy atom. The predicted octanol–water partition coefficient (Wildman–Crippen LogP) is 0.408. The number of nitrogens with two attached hydrogens (primary N) is 3. The number of aliphatic carboxylic acids is 1. The first-order valence-corrected chi connectivity index (χ1v) is 51.6. The van der Waals surface area contributed by atoms with Crippen molar-refractivity contribution >= 4 is 167 Å². The number of aliphatic hydroxyl groups excluding tert-OH is 1. The van der Waals surface area contributed by atoms with E-state index in [1.54, 1.807) is 82.4 Å². The topological polar surface area (TPSA) is 641 Å². The van der Waals surface area contributed by atoms with Gasteiger partial charge in [0.15, 0.2) is 0 Å². The SMILES string of the molecule is CCCC[C@H]1C(=O)N(C)[C@@H](CCCC)C(=O)N[C@@H](CC(C)C)C(=O)N[C@H](C(=O)NCC(N)=O)CSCC(=O)N[C@@H](Cc2ccc(O)cc2)C(=O)N(C)[C@@H](C)C(=O)N[C@@H](CC(N)=O)C(=O)N2CCC[C@H]2C(=O)N[C@@H](CNc2ncnc3sc4c(c23)CCC4)C(=O)N[C@@H](CC(C)C)C(=O)N2C[C@H](O)C[C@H]2C(=O)N[C@@H](Cc2c[nH]c3ccccc23)C(=O)N[C@@H](CCN)C(=O)N[C@@H](Cc2cn(CC(=O)O)c3ccccc23)C(=O)N1C. The lowest BCUT2D eigenvalue weighted by Gasteiger charge is -2.36. The number of thiophene rings is 1. The number of aromatic hydroxyl groups is 1. The van der Waals surface area contributed by atoms with Crippen LogP contribution in [0.5, 0.6) is 5.75 Å². The number of hydrogen-bond acceptors (Lipinski definition) is 26. The highest BCUT2D eigenvalue weighted by atomic mass is 32.2. The van der Waals surface area contributed by atoms with Crippen molar-refractivity contribution in [3.05, 3.63) is 119 Å². The van der Waals surface area contributed by atoms with Crippen LogP contribution in [-0.2, 0) is 125 Å². The van der Waals surface area contributed by atoms with Crippen molar-refractivity contribution in [2.75, 3.05) is 70.7 Å². The van der Waals surface area contributed by atoms with Crippen LogP contribution in [0.2, 0.25) is 0 Å². The second-order valence-corrected chi connectivity index (χ2v) is 40.8. The smallest absolute Gasteiger partial charge is 0.323 e. The zero-order valence-corrected chi connectivity index (χ0v) is 85.5. The third kappa shape index (κ3) is 29.3. The first-order valence-electron chi connectivity index (χ1n) is 49.6. The Labute approximate surface area is 853 Å². The number of phenolic OH excluding ortho intramolecular Hbond substituents is 1. The number of fused-ring (bicyclic) bond motifs is 7. The van der Waals surface area contributed by atoms with Gasteiger partial charge in [-0.15, -0.1) is 23.1 Å². The van der Waals surface area contributed by atoms with E-state index in [-0.39, 0.29) is 89.0 Å². The number of rotatable bonds is 28. The molecule has 3 aromatic carbocycles. The monoisotopic (exact) mass is 2060 g/mol. The molecule has 146 heavy (non-hydrogen) atoms. The number of nitrogens with one attached hydrogen (secondary N) is 12. The molecule has 0 radical (unpaired) electrons. The largest absolute Gasteiger partial charge is 0.508 e. The van der Waals surface area contributed by atoms with Crippen molar-refractivity contribution in [2.45, 2.75) is 268 Å². The number of aliphatic hydroxyl groups is 1. The molecule has 46 heteroatoms. The highest BCUT2D eigenvalue weighted by Gasteiger charge is 2.47. The Morgan fingerprint density at radius 1 is 0.575 bits per heavy atom. The summed E-state index contributed by atoms with van der Waals surface area (Å²) in [5.74, 6) is -18.5. The quantitative estimate of drug-likeness (QED) is 0.0316. The van der Waals surface area contributed by atoms with E-state index in [1.165, 1.54) is 85.7 Å². The molecule has 7 aromatic rings. The molecule has 0 saturated carbocycles. The fourth-order valence-corrected chi connectivity index (χ4v) is 21.1. The van der Waals surface area contributed by atoms with Gasteiger partial charge in [-0.2, -0.15) is 0 Å². The van der Waals surface area contributed by atoms with Crippen LogP contribution in [0.1, 0.15) is 165 Å². The van der Waals surface area contributed by atoms with Gasteiger partial charge in [0.05, 0.1) is 30.2 Å². The molecule has 21 N–H and O–H groups in total. The lowest BCUT2D eigenvalue weighted by molar-refractivity contribution is -0.149. The average molecular weight is 2060 g/mol. The summed E-state index contributed by atoms with van der Waals surface area (Å²) in [5.41, 5.74) is 20.9. The third-order valence-corrected chi connectivity index (χ3v) is 29.0. The molecule has 0 spiro atoms. The molecule has 3 fully saturated rings. The molecule has 15 atom stereocenters. The standard InChI is InChI=1S/C100H137N23O21S2/c1-11-13-25-75-92(137)111-66(37-53(3)4)89(134)117-73(87(132)106-46-81(103)127)50-145-51-82(128)109-69(39-56-30-32-59(124)33-31-56)96(140)118(8)55(7)86(131)113-71(43-80(102)126)98(142)122-36-20-28-76(122)93(138)116-72(45-105-85-84-63-23-19-29-79(63)146-95(84)108-52-107-85)91(136)114-68(38-54(5)6)99(143)123-48-60(125)42-78(123)94(139)112-67(40-57-44-104-64-24-17-15-21-61(57)64)90(135)110-65(34-35-101)88(133)115-70(97(141)120(10)77(26-14-12-2)100(144)119(75)9)41-58-47-121(49-83(129)130)74-27-18-16-22-62(58)74/h15-18,21-22,24,27,30-33,44,47,52-55,60,65-73,75-78,104,124-125H,11-14,19-20,23,25-26,28-29,34-43,45-46,48-51,101H2,1-10H3,(H2,102,126)(H2,103,127)(H,106,132)(H,109,128)(H,110,135)(H,111,137)(H,112,139)(H,113,131)(H,114,136)(H,115,133)(H,116,138)(H,117,134)(H,129,130)(H,105,107,108)/t55-,60+,65-,66-,67-,68-,69-,70-,71-,72-,73-,75-,76-,77-,78-/m0/s1. The Kier molecular flexibility index (Phi) is 40.2. The number of H-pyrrole nitrogens is 1. The van der Waals surface area contributed by atoms with Crippen LogP contribution in [0.15, 0.2) is 91.5 Å². The average Bonchev–Trinajstić information content (AvgIpc) is 1.62. The highest BCUT2D eigenvalue weighted by molar-refractivity contribution is 8.00. The van der Waals surface area contributed by atoms with Gasteiger partial charge in [0, 0.05) is 111 Å². The van der Waals surface area contributed by atoms with E-state index in [9.17, 15) is 48.9 Å². The van der Waals surface area contributed by atoms with Crippen LogP contribution >= 0.6 is 23.1 Å². The van der Waals surface area contributed by atoms with E-state index in [1.807, 2.05) is 13.8 Å². The van der Waals surface area contributed by atoms with Crippen LogP contribution in [0.25, 0.3) is 32.0 Å². The number of unbranched alkanes of at least 4 members (excludes halogenated alkanes) is 2. The van der Waals surface area contributed by atoms with Crippen molar-refractivity contribution in [3.8, 4) is 5.75 Å². The molecule has 11 rings (SSSR count). The number of aromatic amines is 1. The van der Waals surface area contributed by atoms with Gasteiger partial charge >= 0.3 is 5.97 Å². The third-order valence-electron chi connectivity index (χ3n) is 26.8. The minimum atomic E-state index is -1.80. The molecule has 1 aliphatic carbocycles. The van der Waals surface area contributed by atoms with Crippen LogP contribution in [0, 0.1) is 11.8 Å². The number of carboxylic acids is 1. The Balaban J connectivity index is 0.979. The predicted molar refractivity (Wildman–Crippen MR) is 544 cm³/mol. The zero-order valence-electron chi connectivity index (χ0n) is 83.9. The van der Waals surface area contributed by atoms with E-state index < -0.39 is 254 Å². The molecule has 44 nitrogen and oxygen atoms in total. The number of nitrogens with zero attached hydrogens (tertiary/aromatic N) is 8. The van der Waals surface area contributed by atoms with Crippen molar-refractivity contribution in [1.82, 2.24) is 97.2 Å². The summed E-state index contributed by atoms with van der Waals surface area (Å²) in [7, 11) is 3.94. The van der Waals surface area contributed by atoms with E-state index in [2.05, 4.69) is 73.4 Å². The van der Waals surface area contributed by atoms with Gasteiger partial charge in [0.1, 0.15) is 114 Å². The molecule has 0 unspecified atom stereocenters. The lowest BCUT2D eigenvalue weighted by Crippen LogP contribution is -2.61. The zero-order chi connectivity index (χ0) is 106. The number of phenols is 1. The Bertz CT molecular complexity index is 5930. The number of para-hydroxylation sites is 2. The van der Waals surface area contributed by atoms with Gasteiger partial charge in [-0.1, -0.05) is 116 Å². The molecular weight excluding hydrogens is 1920 g/mol. The van der Waals surface area contributed by atoms with Crippen molar-refractivity contribution in [1.29, 1.82) is 0 Å². The number of likely N-dealkylation sites (N-methyl/N-ethyl adjacent to an activating group) is 3. The Morgan fingerprint density at radius 2 is 1.16 bits per heavy atom. The van der Waals surface area contributed by atoms with Crippen LogP contribution in [0.3, 0.4) is 0 Å². The molecule has 0 bridgehead atoms. The number of carbonyl (C=O) groups is 18. The number of anilines is 1. The van der Waals surface area contributed by atoms with Crippen molar-refractivity contribution in [2.24, 2.45) is 29.0 Å². The number of primary amides is 2. The summed E-state index contributed by atoms with van der Waals surface area (Å²) >= 11 is 2.27. The number of carboxylic acid groups (broad SMARTS) is 1. The number of thioether (sulfide) groups is 1. The lowest BCUT2D eigenvalue weighted by atomic mass is 9.99. The van der Waals surface area contributed by atoms with Crippen molar-refractivity contribution in [3.63, 3.8) is 0 Å². The Hall–Kier alpha value is -13.9. The van der Waals surface area contributed by atoms with Gasteiger partial charge in [-0.05, 0) is 136 Å². The van der Waals surface area contributed by atoms with E-state index >= 15 is 52.7 Å². The molecule has 17 amide bonds. The normalized spacial score (nSPS) is 24.3. The number of aryl methyl sites for hydroxylation is 2. The molecule has 3 aliphatic heterocycles. The summed E-state index contributed by atoms with van der Waals surface area (Å²) in [6.45, 7) is 9.46. The summed E-state index contributed by atoms with van der Waals surface area (Å²) in [6.07, 6.45) is 4.50. The summed E-state index contributed by atoms with van der Waals surface area (Å²) in [5, 5.41) is 64.4. The number of hydrogen-bond donors (Lipinski definition) is 18. The minimum Gasteiger partial charge on any atom is -0.508 e. The van der Waals surface area contributed by atoms with Gasteiger partial charge in [0.2, 0.25) is 100 Å². The van der Waals surface area contributed by atoms with Crippen LogP contribution in [0.4, 0.5) is 5.82 Å². The second kappa shape index (κ2) is 52.2. The summed E-state index contributed by atoms with van der Waals surface area (Å²) < 4.78 is 1.45. The fraction of sp³-hybridized carbons (Fsp3) is 0.540. The highest BCUT2D eigenvalue weighted by Crippen LogP contribution is 2.40. The minimum absolute atomic E-state index is 0.00108. The number of amides is 17. The van der Waals surface area contributed by atoms with Gasteiger partial charge < -0.3 is 125 Å². The van der Waals surface area contributed by atoms with Crippen LogP contribution in [-0.4, -0.2) is 322 Å². The second-order valence-electron chi connectivity index (χ2n) is 38.7.